The minimum absolute atomic E-state index is 0.542. The summed E-state index contributed by atoms with van der Waals surface area (Å²) >= 11 is 0. The molecule has 0 aromatic carbocycles. The lowest BCUT2D eigenvalue weighted by molar-refractivity contribution is 0.192. The molecule has 0 spiro atoms. The second kappa shape index (κ2) is 6.60. The number of hydrogen-bond acceptors (Lipinski definition) is 5. The van der Waals surface area contributed by atoms with Crippen LogP contribution >= 0.6 is 0 Å². The van der Waals surface area contributed by atoms with Crippen molar-refractivity contribution in [1.29, 1.82) is 0 Å². The maximum absolute atomic E-state index is 4.53. The molecule has 0 radical (unpaired) electrons. The molecule has 5 nitrogen and oxygen atoms in total. The van der Waals surface area contributed by atoms with Crippen molar-refractivity contribution in [3.05, 3.63) is 11.9 Å². The smallest absolute Gasteiger partial charge is 0.134 e. The first-order valence-electron chi connectivity index (χ1n) is 8.35. The van der Waals surface area contributed by atoms with Gasteiger partial charge in [0.2, 0.25) is 0 Å². The predicted octanol–water partition coefficient (Wildman–Crippen LogP) is 2.51. The summed E-state index contributed by atoms with van der Waals surface area (Å²) < 4.78 is 0. The molecule has 3 heterocycles. The third-order valence-electron chi connectivity index (χ3n) is 4.86. The van der Waals surface area contributed by atoms with Crippen LogP contribution in [0, 0.1) is 0 Å². The summed E-state index contributed by atoms with van der Waals surface area (Å²) in [5.74, 6) is 2.00. The van der Waals surface area contributed by atoms with Gasteiger partial charge in [-0.05, 0) is 32.2 Å². The van der Waals surface area contributed by atoms with E-state index in [4.69, 9.17) is 0 Å². The van der Waals surface area contributed by atoms with Crippen molar-refractivity contribution in [3.63, 3.8) is 0 Å². The van der Waals surface area contributed by atoms with Crippen LogP contribution in [0.5, 0.6) is 0 Å². The second-order valence-corrected chi connectivity index (χ2v) is 6.19. The molecular formula is C16H27N5. The molecule has 2 N–H and O–H groups in total. The fraction of sp³-hybridized carbons (Fsp3) is 0.750. The van der Waals surface area contributed by atoms with Gasteiger partial charge in [0.1, 0.15) is 18.0 Å². The van der Waals surface area contributed by atoms with Crippen LogP contribution in [-0.4, -0.2) is 47.1 Å². The van der Waals surface area contributed by atoms with E-state index in [1.165, 1.54) is 44.3 Å². The number of rotatable bonds is 5. The number of nitrogens with zero attached hydrogens (tertiary/aromatic N) is 3. The molecule has 21 heavy (non-hydrogen) atoms. The number of fused-ring (bicyclic) bond motifs is 1. The molecule has 2 aliphatic rings. The van der Waals surface area contributed by atoms with E-state index in [-0.39, 0.29) is 0 Å². The van der Waals surface area contributed by atoms with Crippen molar-refractivity contribution in [1.82, 2.24) is 14.9 Å². The molecular weight excluding hydrogens is 262 g/mol. The number of aromatic nitrogens is 2. The van der Waals surface area contributed by atoms with Crippen molar-refractivity contribution in [2.75, 3.05) is 30.8 Å². The molecule has 0 bridgehead atoms. The predicted molar refractivity (Wildman–Crippen MR) is 86.8 cm³/mol. The molecule has 1 aromatic heterocycles. The maximum atomic E-state index is 4.53. The van der Waals surface area contributed by atoms with Crippen LogP contribution in [0.3, 0.4) is 0 Å². The van der Waals surface area contributed by atoms with Gasteiger partial charge in [-0.2, -0.15) is 0 Å². The highest BCUT2D eigenvalue weighted by atomic mass is 15.2. The summed E-state index contributed by atoms with van der Waals surface area (Å²) in [6.45, 7) is 4.71. The average molecular weight is 289 g/mol. The minimum Gasteiger partial charge on any atom is -0.373 e. The lowest BCUT2D eigenvalue weighted by Crippen LogP contribution is -2.42. The summed E-state index contributed by atoms with van der Waals surface area (Å²) in [4.78, 5) is 11.5. The molecule has 3 rings (SSSR count). The Morgan fingerprint density at radius 3 is 2.86 bits per heavy atom. The van der Waals surface area contributed by atoms with Crippen molar-refractivity contribution in [3.8, 4) is 0 Å². The van der Waals surface area contributed by atoms with Gasteiger partial charge in [0.25, 0.3) is 0 Å². The summed E-state index contributed by atoms with van der Waals surface area (Å²) in [5, 5.41) is 6.94. The molecule has 0 aliphatic carbocycles. The summed E-state index contributed by atoms with van der Waals surface area (Å²) in [6, 6.07) is 1.24. The fourth-order valence-electron chi connectivity index (χ4n) is 3.83. The van der Waals surface area contributed by atoms with Crippen LogP contribution in [0.4, 0.5) is 11.6 Å². The van der Waals surface area contributed by atoms with Gasteiger partial charge in [0.15, 0.2) is 0 Å². The lowest BCUT2D eigenvalue weighted by Gasteiger charge is -2.33. The Kier molecular flexibility index (Phi) is 4.58. The van der Waals surface area contributed by atoms with E-state index < -0.39 is 0 Å². The Balaban J connectivity index is 1.78. The molecule has 5 heteroatoms. The first kappa shape index (κ1) is 14.6. The normalized spacial score (nSPS) is 25.6. The number of piperidine rings is 1. The monoisotopic (exact) mass is 289 g/mol. The summed E-state index contributed by atoms with van der Waals surface area (Å²) in [7, 11) is 1.93. The van der Waals surface area contributed by atoms with Gasteiger partial charge in [-0.25, -0.2) is 9.97 Å². The Morgan fingerprint density at radius 2 is 2.05 bits per heavy atom. The Labute approximate surface area is 127 Å². The van der Waals surface area contributed by atoms with E-state index >= 15 is 0 Å². The Morgan fingerprint density at radius 1 is 1.19 bits per heavy atom. The average Bonchev–Trinajstić information content (AvgIpc) is 2.92. The van der Waals surface area contributed by atoms with E-state index in [1.807, 2.05) is 7.05 Å². The maximum Gasteiger partial charge on any atom is 0.134 e. The standard InChI is InChI=1S/C16H27N5/c1-3-6-12-15(17-2)18-11-19-16(12)20-13-8-10-21-9-5-4-7-14(13)21/h11,13-14H,3-10H2,1-2H3,(H2,17,18,19,20). The van der Waals surface area contributed by atoms with Crippen LogP contribution in [0.15, 0.2) is 6.33 Å². The molecule has 2 atom stereocenters. The highest BCUT2D eigenvalue weighted by Gasteiger charge is 2.35. The second-order valence-electron chi connectivity index (χ2n) is 6.19. The molecule has 1 aromatic rings. The Bertz CT molecular complexity index is 476. The topological polar surface area (TPSA) is 53.1 Å². The van der Waals surface area contributed by atoms with Gasteiger partial charge in [-0.3, -0.25) is 4.90 Å². The first-order valence-corrected chi connectivity index (χ1v) is 8.35. The zero-order valence-electron chi connectivity index (χ0n) is 13.2. The van der Waals surface area contributed by atoms with Gasteiger partial charge in [0, 0.05) is 31.2 Å². The molecule has 2 saturated heterocycles. The van der Waals surface area contributed by atoms with Crippen LogP contribution < -0.4 is 10.6 Å². The van der Waals surface area contributed by atoms with E-state index in [0.717, 1.165) is 24.5 Å². The highest BCUT2D eigenvalue weighted by molar-refractivity contribution is 5.57. The van der Waals surface area contributed by atoms with Crippen molar-refractivity contribution >= 4 is 11.6 Å². The minimum atomic E-state index is 0.542. The van der Waals surface area contributed by atoms with E-state index in [1.54, 1.807) is 6.33 Å². The van der Waals surface area contributed by atoms with Crippen LogP contribution in [0.2, 0.25) is 0 Å². The van der Waals surface area contributed by atoms with Gasteiger partial charge >= 0.3 is 0 Å². The van der Waals surface area contributed by atoms with Crippen molar-refractivity contribution < 1.29 is 0 Å². The van der Waals surface area contributed by atoms with Gasteiger partial charge < -0.3 is 10.6 Å². The molecule has 2 unspecified atom stereocenters. The van der Waals surface area contributed by atoms with Gasteiger partial charge in [-0.1, -0.05) is 19.8 Å². The Hall–Kier alpha value is -1.36. The van der Waals surface area contributed by atoms with E-state index in [9.17, 15) is 0 Å². The lowest BCUT2D eigenvalue weighted by atomic mass is 9.99. The molecule has 2 aliphatic heterocycles. The van der Waals surface area contributed by atoms with Crippen LogP contribution in [-0.2, 0) is 6.42 Å². The third kappa shape index (κ3) is 2.98. The SMILES string of the molecule is CCCc1c(NC)ncnc1NC1CCN2CCCCC12. The number of hydrogen-bond donors (Lipinski definition) is 2. The number of nitrogens with one attached hydrogen (secondary N) is 2. The molecule has 2 fully saturated rings. The van der Waals surface area contributed by atoms with Crippen LogP contribution in [0.1, 0.15) is 44.6 Å². The fourth-order valence-corrected chi connectivity index (χ4v) is 3.83. The summed E-state index contributed by atoms with van der Waals surface area (Å²) in [6.07, 6.45) is 9.08. The summed E-state index contributed by atoms with van der Waals surface area (Å²) in [5.41, 5.74) is 1.23. The first-order chi connectivity index (χ1) is 10.3. The van der Waals surface area contributed by atoms with E-state index in [0.29, 0.717) is 12.1 Å². The van der Waals surface area contributed by atoms with Gasteiger partial charge in [0.05, 0.1) is 0 Å². The zero-order valence-corrected chi connectivity index (χ0v) is 13.2. The largest absolute Gasteiger partial charge is 0.373 e. The molecule has 0 amide bonds. The third-order valence-corrected chi connectivity index (χ3v) is 4.86. The molecule has 0 saturated carbocycles. The quantitative estimate of drug-likeness (QED) is 0.872. The van der Waals surface area contributed by atoms with Crippen molar-refractivity contribution in [2.45, 2.75) is 57.5 Å². The zero-order chi connectivity index (χ0) is 14.7. The van der Waals surface area contributed by atoms with Crippen molar-refractivity contribution in [2.24, 2.45) is 0 Å². The van der Waals surface area contributed by atoms with E-state index in [2.05, 4.69) is 32.4 Å². The highest BCUT2D eigenvalue weighted by Crippen LogP contribution is 2.30. The number of anilines is 2. The molecule has 116 valence electrons. The van der Waals surface area contributed by atoms with Gasteiger partial charge in [-0.15, -0.1) is 0 Å². The van der Waals surface area contributed by atoms with Crippen LogP contribution in [0.25, 0.3) is 0 Å².